The van der Waals surface area contributed by atoms with Gasteiger partial charge in [-0.15, -0.1) is 0 Å². The van der Waals surface area contributed by atoms with Crippen molar-refractivity contribution in [1.82, 2.24) is 14.9 Å². The van der Waals surface area contributed by atoms with Gasteiger partial charge in [0.1, 0.15) is 0 Å². The van der Waals surface area contributed by atoms with Crippen molar-refractivity contribution in [2.24, 2.45) is 0 Å². The van der Waals surface area contributed by atoms with Crippen molar-refractivity contribution >= 4 is 0 Å². The van der Waals surface area contributed by atoms with Gasteiger partial charge in [-0.05, 0) is 44.4 Å². The van der Waals surface area contributed by atoms with Gasteiger partial charge in [0, 0.05) is 25.0 Å². The van der Waals surface area contributed by atoms with E-state index >= 15 is 0 Å². The summed E-state index contributed by atoms with van der Waals surface area (Å²) in [5, 5.41) is 3.59. The highest BCUT2D eigenvalue weighted by atomic mass is 15.0. The quantitative estimate of drug-likeness (QED) is 0.773. The molecule has 0 aliphatic rings. The molecule has 3 heteroatoms. The lowest BCUT2D eigenvalue weighted by Gasteiger charge is -2.15. The molecule has 0 aliphatic carbocycles. The maximum atomic E-state index is 4.04. The lowest BCUT2D eigenvalue weighted by atomic mass is 10.0. The Labute approximate surface area is 115 Å². The molecular formula is C16H23N3. The summed E-state index contributed by atoms with van der Waals surface area (Å²) >= 11 is 0. The first-order valence-corrected chi connectivity index (χ1v) is 6.99. The summed E-state index contributed by atoms with van der Waals surface area (Å²) in [5.74, 6) is 0. The van der Waals surface area contributed by atoms with Gasteiger partial charge in [-0.25, -0.2) is 4.98 Å². The van der Waals surface area contributed by atoms with Crippen LogP contribution in [0.2, 0.25) is 0 Å². The van der Waals surface area contributed by atoms with Crippen LogP contribution in [0.1, 0.15) is 24.5 Å². The van der Waals surface area contributed by atoms with Gasteiger partial charge in [-0.3, -0.25) is 0 Å². The van der Waals surface area contributed by atoms with E-state index in [2.05, 4.69) is 53.0 Å². The predicted octanol–water partition coefficient (Wildman–Crippen LogP) is 2.80. The molecule has 0 spiro atoms. The molecule has 0 saturated heterocycles. The van der Waals surface area contributed by atoms with E-state index in [0.29, 0.717) is 6.04 Å². The van der Waals surface area contributed by atoms with E-state index in [-0.39, 0.29) is 0 Å². The largest absolute Gasteiger partial charge is 0.337 e. The zero-order valence-corrected chi connectivity index (χ0v) is 11.8. The Balaban J connectivity index is 1.67. The van der Waals surface area contributed by atoms with E-state index in [1.807, 2.05) is 18.7 Å². The second-order valence-corrected chi connectivity index (χ2v) is 5.14. The second kappa shape index (κ2) is 7.10. The van der Waals surface area contributed by atoms with E-state index in [4.69, 9.17) is 0 Å². The van der Waals surface area contributed by atoms with Crippen molar-refractivity contribution in [2.75, 3.05) is 6.54 Å². The number of aromatic nitrogens is 2. The van der Waals surface area contributed by atoms with Crippen LogP contribution in [0.4, 0.5) is 0 Å². The molecule has 0 amide bonds. The highest BCUT2D eigenvalue weighted by Crippen LogP contribution is 2.09. The van der Waals surface area contributed by atoms with E-state index in [0.717, 1.165) is 25.9 Å². The Bertz CT molecular complexity index is 476. The van der Waals surface area contributed by atoms with Gasteiger partial charge in [0.15, 0.2) is 0 Å². The lowest BCUT2D eigenvalue weighted by Crippen LogP contribution is -2.29. The molecule has 2 aromatic rings. The van der Waals surface area contributed by atoms with Crippen molar-refractivity contribution < 1.29 is 0 Å². The Hall–Kier alpha value is -1.61. The van der Waals surface area contributed by atoms with Crippen molar-refractivity contribution in [3.63, 3.8) is 0 Å². The van der Waals surface area contributed by atoms with Crippen molar-refractivity contribution in [2.45, 2.75) is 39.3 Å². The summed E-state index contributed by atoms with van der Waals surface area (Å²) in [6.45, 7) is 6.51. The minimum absolute atomic E-state index is 0.517. The number of aryl methyl sites for hydroxylation is 2. The van der Waals surface area contributed by atoms with Crippen LogP contribution in [-0.4, -0.2) is 22.1 Å². The Morgan fingerprint density at radius 1 is 1.32 bits per heavy atom. The molecule has 3 nitrogen and oxygen atoms in total. The van der Waals surface area contributed by atoms with Crippen LogP contribution in [0, 0.1) is 6.92 Å². The fourth-order valence-corrected chi connectivity index (χ4v) is 2.27. The molecule has 0 bridgehead atoms. The van der Waals surface area contributed by atoms with Crippen LogP contribution in [0.15, 0.2) is 43.0 Å². The third-order valence-corrected chi connectivity index (χ3v) is 3.43. The summed E-state index contributed by atoms with van der Waals surface area (Å²) < 4.78 is 2.12. The van der Waals surface area contributed by atoms with E-state index in [1.165, 1.54) is 11.1 Å². The minimum atomic E-state index is 0.517. The minimum Gasteiger partial charge on any atom is -0.337 e. The number of nitrogens with zero attached hydrogens (tertiary/aromatic N) is 2. The van der Waals surface area contributed by atoms with Gasteiger partial charge in [0.05, 0.1) is 6.33 Å². The third kappa shape index (κ3) is 4.52. The number of hydrogen-bond acceptors (Lipinski definition) is 2. The topological polar surface area (TPSA) is 29.9 Å². The van der Waals surface area contributed by atoms with Crippen LogP contribution < -0.4 is 5.32 Å². The van der Waals surface area contributed by atoms with Crippen LogP contribution in [0.5, 0.6) is 0 Å². The van der Waals surface area contributed by atoms with Gasteiger partial charge < -0.3 is 9.88 Å². The normalized spacial score (nSPS) is 12.5. The van der Waals surface area contributed by atoms with Crippen molar-refractivity contribution in [3.8, 4) is 0 Å². The fourth-order valence-electron chi connectivity index (χ4n) is 2.27. The Morgan fingerprint density at radius 2 is 2.16 bits per heavy atom. The zero-order chi connectivity index (χ0) is 13.5. The smallest absolute Gasteiger partial charge is 0.0945 e. The molecule has 0 saturated carbocycles. The van der Waals surface area contributed by atoms with E-state index in [9.17, 15) is 0 Å². The first-order chi connectivity index (χ1) is 9.25. The summed E-state index contributed by atoms with van der Waals surface area (Å²) in [6.07, 6.45) is 7.94. The molecule has 19 heavy (non-hydrogen) atoms. The van der Waals surface area contributed by atoms with Gasteiger partial charge in [-0.1, -0.05) is 24.3 Å². The SMILES string of the molecule is Cc1ccccc1C[C@H](C)NCCCn1ccnc1. The molecule has 1 N–H and O–H groups in total. The zero-order valence-electron chi connectivity index (χ0n) is 11.8. The second-order valence-electron chi connectivity index (χ2n) is 5.14. The molecule has 0 unspecified atom stereocenters. The lowest BCUT2D eigenvalue weighted by molar-refractivity contribution is 0.509. The highest BCUT2D eigenvalue weighted by molar-refractivity contribution is 5.26. The first kappa shape index (κ1) is 13.8. The molecule has 0 aliphatic heterocycles. The maximum Gasteiger partial charge on any atom is 0.0945 e. The van der Waals surface area contributed by atoms with Crippen molar-refractivity contribution in [1.29, 1.82) is 0 Å². The first-order valence-electron chi connectivity index (χ1n) is 6.99. The summed E-state index contributed by atoms with van der Waals surface area (Å²) in [7, 11) is 0. The molecule has 1 heterocycles. The van der Waals surface area contributed by atoms with Crippen LogP contribution in [-0.2, 0) is 13.0 Å². The molecule has 0 radical (unpaired) electrons. The van der Waals surface area contributed by atoms with Crippen LogP contribution in [0.3, 0.4) is 0 Å². The van der Waals surface area contributed by atoms with Gasteiger partial charge in [-0.2, -0.15) is 0 Å². The maximum absolute atomic E-state index is 4.04. The van der Waals surface area contributed by atoms with Gasteiger partial charge in [0.25, 0.3) is 0 Å². The number of benzene rings is 1. The number of nitrogens with one attached hydrogen (secondary N) is 1. The molecule has 2 rings (SSSR count). The number of rotatable bonds is 7. The average Bonchev–Trinajstić information content (AvgIpc) is 2.91. The molecular weight excluding hydrogens is 234 g/mol. The molecule has 1 aromatic carbocycles. The Morgan fingerprint density at radius 3 is 2.89 bits per heavy atom. The fraction of sp³-hybridized carbons (Fsp3) is 0.438. The molecule has 1 aromatic heterocycles. The van der Waals surface area contributed by atoms with Crippen LogP contribution >= 0.6 is 0 Å². The highest BCUT2D eigenvalue weighted by Gasteiger charge is 2.04. The summed E-state index contributed by atoms with van der Waals surface area (Å²) in [5.41, 5.74) is 2.83. The summed E-state index contributed by atoms with van der Waals surface area (Å²) in [4.78, 5) is 4.04. The summed E-state index contributed by atoms with van der Waals surface area (Å²) in [6, 6.07) is 9.14. The molecule has 102 valence electrons. The van der Waals surface area contributed by atoms with E-state index in [1.54, 1.807) is 0 Å². The van der Waals surface area contributed by atoms with E-state index < -0.39 is 0 Å². The molecule has 1 atom stereocenters. The van der Waals surface area contributed by atoms with Gasteiger partial charge in [0.2, 0.25) is 0 Å². The number of imidazole rings is 1. The molecule has 0 fully saturated rings. The third-order valence-electron chi connectivity index (χ3n) is 3.43. The average molecular weight is 257 g/mol. The van der Waals surface area contributed by atoms with Gasteiger partial charge >= 0.3 is 0 Å². The van der Waals surface area contributed by atoms with Crippen LogP contribution in [0.25, 0.3) is 0 Å². The number of hydrogen-bond donors (Lipinski definition) is 1. The standard InChI is InChI=1S/C16H23N3/c1-14-6-3-4-7-16(14)12-15(2)18-8-5-10-19-11-9-17-13-19/h3-4,6-7,9,11,13,15,18H,5,8,10,12H2,1-2H3/t15-/m0/s1. The monoisotopic (exact) mass is 257 g/mol. The van der Waals surface area contributed by atoms with Crippen molar-refractivity contribution in [3.05, 3.63) is 54.1 Å². The predicted molar refractivity (Wildman–Crippen MR) is 79.2 cm³/mol. The Kier molecular flexibility index (Phi) is 5.16.